The maximum atomic E-state index is 13.4. The minimum atomic E-state index is -0.957. The van der Waals surface area contributed by atoms with Crippen molar-refractivity contribution in [2.24, 2.45) is 10.7 Å². The van der Waals surface area contributed by atoms with Gasteiger partial charge in [0.05, 0.1) is 12.7 Å². The Bertz CT molecular complexity index is 714. The standard InChI is InChI=1S/C18H26F2N4O3S2/c19-13-2-1-11(5-14(13)20)7-24-3-4-27-12(8-24)6-22-16(25)10-29-18-23-15(9-28-18)17(21)26/h1-2,5,12,15-17,22,25-26H,3-4,6-10,21H2/t12-,15?,16?,17?/m0/s1. The summed E-state index contributed by atoms with van der Waals surface area (Å²) in [5, 5.41) is 22.6. The molecule has 1 aromatic rings. The van der Waals surface area contributed by atoms with E-state index in [1.54, 1.807) is 6.07 Å². The summed E-state index contributed by atoms with van der Waals surface area (Å²) in [6, 6.07) is 3.65. The van der Waals surface area contributed by atoms with Crippen molar-refractivity contribution in [1.29, 1.82) is 0 Å². The van der Waals surface area contributed by atoms with Crippen molar-refractivity contribution in [3.8, 4) is 0 Å². The van der Waals surface area contributed by atoms with Gasteiger partial charge in [0.25, 0.3) is 0 Å². The summed E-state index contributed by atoms with van der Waals surface area (Å²) in [7, 11) is 0. The van der Waals surface area contributed by atoms with Crippen molar-refractivity contribution in [3.05, 3.63) is 35.4 Å². The molecule has 2 aliphatic rings. The minimum Gasteiger partial charge on any atom is -0.378 e. The van der Waals surface area contributed by atoms with Gasteiger partial charge in [-0.1, -0.05) is 29.6 Å². The van der Waals surface area contributed by atoms with E-state index in [2.05, 4.69) is 15.2 Å². The largest absolute Gasteiger partial charge is 0.378 e. The van der Waals surface area contributed by atoms with Gasteiger partial charge < -0.3 is 20.7 Å². The van der Waals surface area contributed by atoms with E-state index >= 15 is 0 Å². The van der Waals surface area contributed by atoms with Gasteiger partial charge in [-0.25, -0.2) is 8.78 Å². The SMILES string of the molecule is NC(O)C1CSC(SCC(O)NC[C@H]2CN(Cc3ccc(F)c(F)c3)CCO2)=N1. The molecular formula is C18H26F2N4O3S2. The van der Waals surface area contributed by atoms with Gasteiger partial charge in [0, 0.05) is 37.7 Å². The second-order valence-electron chi connectivity index (χ2n) is 6.98. The molecule has 4 atom stereocenters. The molecule has 1 saturated heterocycles. The number of benzene rings is 1. The lowest BCUT2D eigenvalue weighted by Gasteiger charge is -2.33. The molecule has 162 valence electrons. The van der Waals surface area contributed by atoms with Crippen molar-refractivity contribution >= 4 is 27.9 Å². The molecule has 0 bridgehead atoms. The van der Waals surface area contributed by atoms with E-state index < -0.39 is 24.1 Å². The summed E-state index contributed by atoms with van der Waals surface area (Å²) in [6.45, 7) is 2.86. The number of hydrogen-bond acceptors (Lipinski definition) is 9. The van der Waals surface area contributed by atoms with Crippen LogP contribution in [-0.2, 0) is 11.3 Å². The lowest BCUT2D eigenvalue weighted by atomic mass is 10.1. The van der Waals surface area contributed by atoms with Crippen molar-refractivity contribution < 1.29 is 23.7 Å². The molecule has 11 heteroatoms. The van der Waals surface area contributed by atoms with Gasteiger partial charge in [-0.05, 0) is 17.7 Å². The topological polar surface area (TPSA) is 103 Å². The van der Waals surface area contributed by atoms with Crippen LogP contribution in [0.5, 0.6) is 0 Å². The zero-order valence-corrected chi connectivity index (χ0v) is 17.5. The number of nitrogens with two attached hydrogens (primary N) is 1. The number of aliphatic hydroxyl groups is 2. The number of halogens is 2. The van der Waals surface area contributed by atoms with Crippen molar-refractivity contribution in [3.63, 3.8) is 0 Å². The van der Waals surface area contributed by atoms with Crippen molar-refractivity contribution in [1.82, 2.24) is 10.2 Å². The first-order chi connectivity index (χ1) is 13.9. The van der Waals surface area contributed by atoms with Gasteiger partial charge in [0.1, 0.15) is 22.9 Å². The number of nitrogens with zero attached hydrogens (tertiary/aromatic N) is 2. The van der Waals surface area contributed by atoms with E-state index in [0.29, 0.717) is 49.9 Å². The normalized spacial score (nSPS) is 25.1. The highest BCUT2D eigenvalue weighted by Crippen LogP contribution is 2.27. The van der Waals surface area contributed by atoms with Crippen LogP contribution in [0.1, 0.15) is 5.56 Å². The number of hydrogen-bond donors (Lipinski definition) is 4. The average molecular weight is 449 g/mol. The van der Waals surface area contributed by atoms with Gasteiger partial charge in [0.15, 0.2) is 11.6 Å². The summed E-state index contributed by atoms with van der Waals surface area (Å²) in [5.74, 6) is -0.620. The highest BCUT2D eigenvalue weighted by atomic mass is 32.2. The molecule has 3 rings (SSSR count). The van der Waals surface area contributed by atoms with Crippen LogP contribution in [0.4, 0.5) is 8.78 Å². The van der Waals surface area contributed by atoms with Crippen LogP contribution in [0.25, 0.3) is 0 Å². The van der Waals surface area contributed by atoms with E-state index in [1.807, 2.05) is 0 Å². The smallest absolute Gasteiger partial charge is 0.159 e. The van der Waals surface area contributed by atoms with Gasteiger partial charge in [-0.3, -0.25) is 15.2 Å². The van der Waals surface area contributed by atoms with Crippen LogP contribution in [0, 0.1) is 11.6 Å². The first kappa shape index (κ1) is 22.9. The molecule has 0 radical (unpaired) electrons. The van der Waals surface area contributed by atoms with Crippen LogP contribution >= 0.6 is 23.5 Å². The molecular weight excluding hydrogens is 422 g/mol. The molecule has 0 saturated carbocycles. The van der Waals surface area contributed by atoms with Gasteiger partial charge in [0.2, 0.25) is 0 Å². The van der Waals surface area contributed by atoms with Crippen molar-refractivity contribution in [2.45, 2.75) is 31.1 Å². The summed E-state index contributed by atoms with van der Waals surface area (Å²) >= 11 is 2.94. The van der Waals surface area contributed by atoms with E-state index in [-0.39, 0.29) is 12.1 Å². The monoisotopic (exact) mass is 448 g/mol. The summed E-state index contributed by atoms with van der Waals surface area (Å²) in [4.78, 5) is 6.43. The van der Waals surface area contributed by atoms with Crippen LogP contribution < -0.4 is 11.1 Å². The highest BCUT2D eigenvalue weighted by molar-refractivity contribution is 8.39. The third-order valence-corrected chi connectivity index (χ3v) is 7.00. The van der Waals surface area contributed by atoms with E-state index in [1.165, 1.54) is 29.6 Å². The van der Waals surface area contributed by atoms with E-state index in [9.17, 15) is 19.0 Å². The summed E-state index contributed by atoms with van der Waals surface area (Å²) < 4.78 is 33.0. The Morgan fingerprint density at radius 2 is 2.21 bits per heavy atom. The Morgan fingerprint density at radius 1 is 1.38 bits per heavy atom. The fourth-order valence-electron chi connectivity index (χ4n) is 3.04. The molecule has 0 amide bonds. The predicted octanol–water partition coefficient (Wildman–Crippen LogP) is 0.555. The first-order valence-corrected chi connectivity index (χ1v) is 11.3. The molecule has 0 aliphatic carbocycles. The Balaban J connectivity index is 1.37. The van der Waals surface area contributed by atoms with Crippen LogP contribution in [0.15, 0.2) is 23.2 Å². The Kier molecular flexibility index (Phi) is 8.69. The summed E-state index contributed by atoms with van der Waals surface area (Å²) in [5.41, 5.74) is 6.14. The number of thioether (sulfide) groups is 2. The number of aliphatic hydroxyl groups excluding tert-OH is 2. The van der Waals surface area contributed by atoms with E-state index in [0.717, 1.165) is 10.4 Å². The second kappa shape index (κ2) is 11.0. The molecule has 5 N–H and O–H groups in total. The van der Waals surface area contributed by atoms with Crippen LogP contribution in [0.2, 0.25) is 0 Å². The molecule has 1 aromatic carbocycles. The zero-order valence-electron chi connectivity index (χ0n) is 15.8. The highest BCUT2D eigenvalue weighted by Gasteiger charge is 2.24. The second-order valence-corrected chi connectivity index (χ2v) is 9.25. The summed E-state index contributed by atoms with van der Waals surface area (Å²) in [6.07, 6.45) is -1.79. The van der Waals surface area contributed by atoms with Crippen LogP contribution in [-0.4, -0.2) is 81.8 Å². The van der Waals surface area contributed by atoms with E-state index in [4.69, 9.17) is 10.5 Å². The van der Waals surface area contributed by atoms with Crippen molar-refractivity contribution in [2.75, 3.05) is 37.7 Å². The van der Waals surface area contributed by atoms with Gasteiger partial charge in [-0.2, -0.15) is 0 Å². The number of ether oxygens (including phenoxy) is 1. The zero-order chi connectivity index (χ0) is 20.8. The Morgan fingerprint density at radius 3 is 2.93 bits per heavy atom. The number of nitrogens with one attached hydrogen (secondary N) is 1. The molecule has 2 heterocycles. The van der Waals surface area contributed by atoms with Crippen LogP contribution in [0.3, 0.4) is 0 Å². The number of rotatable bonds is 8. The average Bonchev–Trinajstić information content (AvgIpc) is 3.17. The molecule has 0 aromatic heterocycles. The Labute approximate surface area is 177 Å². The maximum Gasteiger partial charge on any atom is 0.159 e. The maximum absolute atomic E-state index is 13.4. The fourth-order valence-corrected chi connectivity index (χ4v) is 5.21. The quantitative estimate of drug-likeness (QED) is 0.428. The molecule has 29 heavy (non-hydrogen) atoms. The van der Waals surface area contributed by atoms with Gasteiger partial charge in [-0.15, -0.1) is 0 Å². The third kappa shape index (κ3) is 7.14. The predicted molar refractivity (Wildman–Crippen MR) is 112 cm³/mol. The number of aliphatic imine (C=N–C) groups is 1. The molecule has 1 fully saturated rings. The number of morpholine rings is 1. The molecule has 2 aliphatic heterocycles. The molecule has 7 nitrogen and oxygen atoms in total. The Hall–Kier alpha value is -0.790. The molecule has 3 unspecified atom stereocenters. The first-order valence-electron chi connectivity index (χ1n) is 9.37. The lowest BCUT2D eigenvalue weighted by Crippen LogP contribution is -2.48. The fraction of sp³-hybridized carbons (Fsp3) is 0.611. The molecule has 0 spiro atoms. The third-order valence-electron chi connectivity index (χ3n) is 4.60. The minimum absolute atomic E-state index is 0.108. The lowest BCUT2D eigenvalue weighted by molar-refractivity contribution is -0.0351. The van der Waals surface area contributed by atoms with Gasteiger partial charge >= 0.3 is 0 Å².